The van der Waals surface area contributed by atoms with E-state index in [4.69, 9.17) is 31.8 Å². The van der Waals surface area contributed by atoms with E-state index in [1.165, 1.54) is 42.5 Å². The molecular weight excluding hydrogens is 715 g/mol. The Morgan fingerprint density at radius 3 is 1.46 bits per heavy atom. The molecule has 0 radical (unpaired) electrons. The first-order valence-corrected chi connectivity index (χ1v) is 17.6. The molecule has 0 saturated heterocycles. The van der Waals surface area contributed by atoms with Crippen molar-refractivity contribution in [3.8, 4) is 11.5 Å². The smallest absolute Gasteiger partial charge is 0.353 e. The summed E-state index contributed by atoms with van der Waals surface area (Å²) in [4.78, 5) is 49.9. The number of carboxylic acids is 1. The summed E-state index contributed by atoms with van der Waals surface area (Å²) < 4.78 is 38.1. The van der Waals surface area contributed by atoms with E-state index in [-0.39, 0.29) is 45.0 Å². The lowest BCUT2D eigenvalue weighted by Gasteiger charge is -2.25. The summed E-state index contributed by atoms with van der Waals surface area (Å²) in [5, 5.41) is 24.1. The van der Waals surface area contributed by atoms with Crippen molar-refractivity contribution in [2.45, 2.75) is 60.3 Å². The fraction of sp³-hybridized carbons (Fsp3) is 0.297. The first-order valence-electron chi connectivity index (χ1n) is 16.0. The van der Waals surface area contributed by atoms with Gasteiger partial charge in [-0.3, -0.25) is 20.4 Å². The van der Waals surface area contributed by atoms with Crippen LogP contribution < -0.4 is 20.9 Å². The van der Waals surface area contributed by atoms with Crippen LogP contribution in [0.3, 0.4) is 0 Å². The fourth-order valence-electron chi connectivity index (χ4n) is 4.74. The number of ketones is 1. The topological polar surface area (TPSA) is 207 Å². The van der Waals surface area contributed by atoms with Gasteiger partial charge in [0.05, 0.1) is 5.41 Å². The molecule has 0 unspecified atom stereocenters. The molecule has 4 rings (SSSR count). The third-order valence-electron chi connectivity index (χ3n) is 8.51. The molecule has 0 aliphatic carbocycles. The van der Waals surface area contributed by atoms with E-state index in [2.05, 4.69) is 0 Å². The van der Waals surface area contributed by atoms with Gasteiger partial charge in [0, 0.05) is 26.3 Å². The van der Waals surface area contributed by atoms with Gasteiger partial charge in [-0.1, -0.05) is 27.7 Å². The highest BCUT2D eigenvalue weighted by Crippen LogP contribution is 2.34. The Bertz CT molecular complexity index is 2000. The van der Waals surface area contributed by atoms with Gasteiger partial charge in [0.2, 0.25) is 0 Å². The summed E-state index contributed by atoms with van der Waals surface area (Å²) >= 11 is 2.35. The summed E-state index contributed by atoms with van der Waals surface area (Å²) in [7, 11) is 0. The van der Waals surface area contributed by atoms with Crippen LogP contribution in [0.4, 0.5) is 8.78 Å². The van der Waals surface area contributed by atoms with Crippen LogP contribution in [-0.4, -0.2) is 40.5 Å². The van der Waals surface area contributed by atoms with Crippen LogP contribution >= 0.6 is 22.7 Å². The number of ether oxygens (including phenoxy) is 2. The standard InChI is InChI=1S/C19H21FN2O4S.C18H19FN2O3S/c1-3-19(4-2,18(24)25)10-12-6-8-15(27-12)17(23)26-14-7-5-11(16(21)22)9-13(14)20;1-10(22)18(2,3)9-12-5-7-15(25-12)17(23)24-14-6-4-11(16(20)21)8-13(14)19/h5-9H,3-4,10H2,1-2H3,(H3,21,22)(H,24,25);4-8H,9H2,1-3H3,(H3,20,21). The zero-order chi connectivity index (χ0) is 39.0. The number of carboxylic acid groups (broad SMARTS) is 1. The van der Waals surface area contributed by atoms with Crippen LogP contribution in [0.5, 0.6) is 11.5 Å². The molecule has 0 spiro atoms. The quantitative estimate of drug-likeness (QED) is 0.0376. The molecule has 0 bridgehead atoms. The van der Waals surface area contributed by atoms with Gasteiger partial charge in [-0.15, -0.1) is 22.7 Å². The molecule has 0 saturated carbocycles. The number of halogens is 2. The van der Waals surface area contributed by atoms with Crippen molar-refractivity contribution >= 4 is 58.0 Å². The second-order valence-electron chi connectivity index (χ2n) is 12.5. The average molecular weight is 755 g/mol. The van der Waals surface area contributed by atoms with Crippen LogP contribution in [0.2, 0.25) is 0 Å². The molecule has 15 heteroatoms. The lowest BCUT2D eigenvalue weighted by atomic mass is 9.79. The number of nitrogens with one attached hydrogen (secondary N) is 2. The Labute approximate surface area is 307 Å². The SMILES string of the molecule is CC(=O)C(C)(C)Cc1ccc(C(=O)Oc2ccc(C(=N)N)cc2F)s1.CCC(CC)(Cc1ccc(C(=O)Oc2ccc(C(=N)N)cc2F)s1)C(=O)O. The van der Waals surface area contributed by atoms with Crippen LogP contribution in [0.25, 0.3) is 0 Å². The highest BCUT2D eigenvalue weighted by molar-refractivity contribution is 7.14. The van der Waals surface area contributed by atoms with E-state index in [1.807, 2.05) is 27.7 Å². The summed E-state index contributed by atoms with van der Waals surface area (Å²) in [6.45, 7) is 8.88. The summed E-state index contributed by atoms with van der Waals surface area (Å²) in [6.07, 6.45) is 1.78. The number of hydrogen-bond donors (Lipinski definition) is 5. The highest BCUT2D eigenvalue weighted by atomic mass is 32.1. The number of thiophene rings is 2. The number of Topliss-reactive ketones (excluding diaryl/α,β-unsaturated/α-hetero) is 1. The van der Waals surface area contributed by atoms with E-state index < -0.39 is 40.4 Å². The van der Waals surface area contributed by atoms with Gasteiger partial charge in [-0.25, -0.2) is 18.4 Å². The molecule has 52 heavy (non-hydrogen) atoms. The van der Waals surface area contributed by atoms with Crippen molar-refractivity contribution in [1.82, 2.24) is 0 Å². The number of rotatable bonds is 14. The number of nitrogens with two attached hydrogens (primary N) is 2. The molecule has 4 aromatic rings. The molecule has 7 N–H and O–H groups in total. The summed E-state index contributed by atoms with van der Waals surface area (Å²) in [5.74, 6) is -4.81. The molecule has 0 fully saturated rings. The Morgan fingerprint density at radius 2 is 1.13 bits per heavy atom. The molecule has 0 aliphatic rings. The second-order valence-corrected chi connectivity index (χ2v) is 14.9. The van der Waals surface area contributed by atoms with E-state index in [0.717, 1.165) is 33.2 Å². The Kier molecular flexibility index (Phi) is 13.7. The Morgan fingerprint density at radius 1 is 0.731 bits per heavy atom. The van der Waals surface area contributed by atoms with Crippen molar-refractivity contribution in [3.63, 3.8) is 0 Å². The lowest BCUT2D eigenvalue weighted by molar-refractivity contribution is -0.149. The zero-order valence-electron chi connectivity index (χ0n) is 29.2. The maximum absolute atomic E-state index is 14.0. The zero-order valence-corrected chi connectivity index (χ0v) is 30.9. The normalized spacial score (nSPS) is 11.2. The minimum Gasteiger partial charge on any atom is -0.481 e. The number of carbonyl (C=O) groups is 4. The highest BCUT2D eigenvalue weighted by Gasteiger charge is 2.35. The van der Waals surface area contributed by atoms with Crippen molar-refractivity contribution in [1.29, 1.82) is 10.8 Å². The van der Waals surface area contributed by atoms with E-state index >= 15 is 0 Å². The number of benzene rings is 2. The van der Waals surface area contributed by atoms with Gasteiger partial charge in [0.15, 0.2) is 23.1 Å². The van der Waals surface area contributed by atoms with E-state index in [0.29, 0.717) is 30.6 Å². The molecular formula is C37H40F2N4O7S2. The fourth-order valence-corrected chi connectivity index (χ4v) is 6.88. The minimum absolute atomic E-state index is 0.0673. The maximum Gasteiger partial charge on any atom is 0.353 e. The Hall–Kier alpha value is -5.28. The van der Waals surface area contributed by atoms with Gasteiger partial charge >= 0.3 is 17.9 Å². The van der Waals surface area contributed by atoms with Crippen molar-refractivity contribution in [3.05, 3.63) is 103 Å². The van der Waals surface area contributed by atoms with Crippen molar-refractivity contribution in [2.75, 3.05) is 0 Å². The molecule has 2 heterocycles. The molecule has 11 nitrogen and oxygen atoms in total. The second kappa shape index (κ2) is 17.3. The van der Waals surface area contributed by atoms with Gasteiger partial charge in [0.25, 0.3) is 0 Å². The van der Waals surface area contributed by atoms with Gasteiger partial charge in [-0.2, -0.15) is 0 Å². The number of aliphatic carboxylic acids is 1. The number of nitrogen functional groups attached to an aromatic ring is 2. The number of amidine groups is 2. The average Bonchev–Trinajstić information content (AvgIpc) is 3.75. The molecule has 2 aromatic heterocycles. The lowest BCUT2D eigenvalue weighted by Crippen LogP contribution is -2.31. The van der Waals surface area contributed by atoms with Crippen LogP contribution in [0.15, 0.2) is 60.7 Å². The molecule has 2 aromatic carbocycles. The molecule has 0 aliphatic heterocycles. The maximum atomic E-state index is 14.0. The predicted molar refractivity (Wildman–Crippen MR) is 196 cm³/mol. The predicted octanol–water partition coefficient (Wildman–Crippen LogP) is 7.37. The number of carbonyl (C=O) groups excluding carboxylic acids is 3. The van der Waals surface area contributed by atoms with Crippen LogP contribution in [0.1, 0.15) is 87.7 Å². The van der Waals surface area contributed by atoms with E-state index in [9.17, 15) is 33.1 Å². The minimum atomic E-state index is -0.874. The number of hydrogen-bond acceptors (Lipinski definition) is 10. The number of esters is 2. The van der Waals surface area contributed by atoms with Gasteiger partial charge < -0.3 is 26.0 Å². The van der Waals surface area contributed by atoms with Crippen LogP contribution in [0, 0.1) is 33.3 Å². The monoisotopic (exact) mass is 754 g/mol. The summed E-state index contributed by atoms with van der Waals surface area (Å²) in [5.41, 5.74) is 9.59. The molecule has 276 valence electrons. The third-order valence-corrected chi connectivity index (χ3v) is 10.6. The first kappa shape index (κ1) is 41.1. The molecule has 0 amide bonds. The van der Waals surface area contributed by atoms with Crippen LogP contribution in [-0.2, 0) is 22.4 Å². The summed E-state index contributed by atoms with van der Waals surface area (Å²) in [6, 6.07) is 14.0. The first-order chi connectivity index (χ1) is 24.3. The van der Waals surface area contributed by atoms with Crippen molar-refractivity contribution < 1.29 is 42.5 Å². The Balaban J connectivity index is 0.000000281. The molecule has 0 atom stereocenters. The largest absolute Gasteiger partial charge is 0.481 e. The third kappa shape index (κ3) is 10.4. The van der Waals surface area contributed by atoms with E-state index in [1.54, 1.807) is 24.3 Å². The van der Waals surface area contributed by atoms with Gasteiger partial charge in [0.1, 0.15) is 27.2 Å². The van der Waals surface area contributed by atoms with Crippen molar-refractivity contribution in [2.24, 2.45) is 22.3 Å². The van der Waals surface area contributed by atoms with Gasteiger partial charge in [-0.05, 0) is 93.3 Å².